The molecule has 2 aromatic heterocycles. The van der Waals surface area contributed by atoms with Crippen LogP contribution in [0.4, 0.5) is 5.69 Å². The summed E-state index contributed by atoms with van der Waals surface area (Å²) in [5.41, 5.74) is 3.65. The van der Waals surface area contributed by atoms with Crippen LogP contribution in [0, 0.1) is 5.92 Å². The van der Waals surface area contributed by atoms with E-state index < -0.39 is 0 Å². The Morgan fingerprint density at radius 2 is 2.00 bits per heavy atom. The molecule has 1 aliphatic rings. The number of carbonyl (C=O) groups is 2. The Hall–Kier alpha value is -3.25. The van der Waals surface area contributed by atoms with Crippen molar-refractivity contribution in [3.05, 3.63) is 77.2 Å². The first-order valence-electron chi connectivity index (χ1n) is 10.2. The number of rotatable bonds is 7. The van der Waals surface area contributed by atoms with Crippen molar-refractivity contribution in [2.45, 2.75) is 26.3 Å². The van der Waals surface area contributed by atoms with E-state index in [1.807, 2.05) is 30.3 Å². The Morgan fingerprint density at radius 3 is 2.61 bits per heavy atom. The number of hydrogen-bond donors (Lipinski definition) is 1. The number of nitrogens with one attached hydrogen (secondary N) is 1. The molecule has 0 aliphatic heterocycles. The minimum absolute atomic E-state index is 0.0127. The van der Waals surface area contributed by atoms with E-state index in [4.69, 9.17) is 11.6 Å². The van der Waals surface area contributed by atoms with Crippen LogP contribution in [0.15, 0.2) is 61.1 Å². The number of halogens is 1. The molecule has 0 unspecified atom stereocenters. The lowest BCUT2D eigenvalue weighted by atomic mass is 10.1. The van der Waals surface area contributed by atoms with E-state index in [9.17, 15) is 9.59 Å². The van der Waals surface area contributed by atoms with E-state index in [1.165, 1.54) is 0 Å². The zero-order chi connectivity index (χ0) is 21.8. The summed E-state index contributed by atoms with van der Waals surface area (Å²) >= 11 is 6.51. The summed E-state index contributed by atoms with van der Waals surface area (Å²) in [6, 6.07) is 12.8. The van der Waals surface area contributed by atoms with Gasteiger partial charge in [0.1, 0.15) is 0 Å². The largest absolute Gasteiger partial charge is 0.348 e. The number of aromatic nitrogens is 2. The highest BCUT2D eigenvalue weighted by molar-refractivity contribution is 6.34. The number of anilines is 1. The topological polar surface area (TPSA) is 75.2 Å². The smallest absolute Gasteiger partial charge is 0.253 e. The maximum atomic E-state index is 12.4. The Morgan fingerprint density at radius 1 is 1.16 bits per heavy atom. The molecular formula is C24H23ClN4O2. The van der Waals surface area contributed by atoms with E-state index in [2.05, 4.69) is 15.3 Å². The fraction of sp³-hybridized carbons (Fsp3) is 0.250. The van der Waals surface area contributed by atoms with Crippen LogP contribution in [-0.4, -0.2) is 28.3 Å². The third kappa shape index (κ3) is 5.27. The number of pyridine rings is 2. The van der Waals surface area contributed by atoms with E-state index >= 15 is 0 Å². The van der Waals surface area contributed by atoms with Crippen molar-refractivity contribution in [2.24, 2.45) is 5.92 Å². The normalized spacial score (nSPS) is 13.0. The molecule has 0 bridgehead atoms. The summed E-state index contributed by atoms with van der Waals surface area (Å²) in [5, 5.41) is 3.36. The van der Waals surface area contributed by atoms with Crippen molar-refractivity contribution in [3.63, 3.8) is 0 Å². The van der Waals surface area contributed by atoms with E-state index in [1.54, 1.807) is 42.5 Å². The highest BCUT2D eigenvalue weighted by atomic mass is 35.5. The van der Waals surface area contributed by atoms with Gasteiger partial charge in [-0.1, -0.05) is 23.7 Å². The summed E-state index contributed by atoms with van der Waals surface area (Å²) in [5.74, 6) is 0.355. The molecular weight excluding hydrogens is 412 g/mol. The first-order chi connectivity index (χ1) is 15.0. The Balaban J connectivity index is 1.45. The number of hydrogen-bond acceptors (Lipinski definition) is 4. The first-order valence-corrected chi connectivity index (χ1v) is 10.6. The molecule has 4 rings (SSSR count). The van der Waals surface area contributed by atoms with E-state index in [0.29, 0.717) is 35.3 Å². The molecule has 158 valence electrons. The molecule has 1 aromatic carbocycles. The standard InChI is InChI=1S/C24H23ClN4O2/c1-16(30)29(15-17-4-5-17)23-9-7-19(11-21(23)25)22-8-6-20(14-27-22)24(31)28-13-18-3-2-10-26-12-18/h2-3,6-12,14,17H,4-5,13,15H2,1H3,(H,28,31). The third-order valence-corrected chi connectivity index (χ3v) is 5.56. The van der Waals surface area contributed by atoms with Gasteiger partial charge in [0, 0.05) is 44.2 Å². The van der Waals surface area contributed by atoms with Crippen LogP contribution in [0.5, 0.6) is 0 Å². The van der Waals surface area contributed by atoms with Crippen molar-refractivity contribution < 1.29 is 9.59 Å². The molecule has 0 spiro atoms. The fourth-order valence-electron chi connectivity index (χ4n) is 3.33. The van der Waals surface area contributed by atoms with Crippen molar-refractivity contribution in [3.8, 4) is 11.3 Å². The van der Waals surface area contributed by atoms with Gasteiger partial charge in [0.15, 0.2) is 0 Å². The quantitative estimate of drug-likeness (QED) is 0.594. The molecule has 0 atom stereocenters. The van der Waals surface area contributed by atoms with Crippen molar-refractivity contribution in [1.82, 2.24) is 15.3 Å². The second-order valence-electron chi connectivity index (χ2n) is 7.72. The van der Waals surface area contributed by atoms with Gasteiger partial charge in [0.25, 0.3) is 5.91 Å². The van der Waals surface area contributed by atoms with Crippen molar-refractivity contribution >= 4 is 29.1 Å². The second-order valence-corrected chi connectivity index (χ2v) is 8.12. The maximum absolute atomic E-state index is 12.4. The Bertz CT molecular complexity index is 1080. The molecule has 31 heavy (non-hydrogen) atoms. The highest BCUT2D eigenvalue weighted by Gasteiger charge is 2.27. The molecule has 2 amide bonds. The Labute approximate surface area is 186 Å². The molecule has 2 heterocycles. The molecule has 1 N–H and O–H groups in total. The van der Waals surface area contributed by atoms with Crippen LogP contribution in [0.3, 0.4) is 0 Å². The number of benzene rings is 1. The van der Waals surface area contributed by atoms with Gasteiger partial charge >= 0.3 is 0 Å². The lowest BCUT2D eigenvalue weighted by molar-refractivity contribution is -0.116. The molecule has 1 aliphatic carbocycles. The van der Waals surface area contributed by atoms with Gasteiger partial charge < -0.3 is 10.2 Å². The van der Waals surface area contributed by atoms with Gasteiger partial charge in [0.2, 0.25) is 5.91 Å². The van der Waals surface area contributed by atoms with Crippen LogP contribution in [0.1, 0.15) is 35.7 Å². The summed E-state index contributed by atoms with van der Waals surface area (Å²) in [6.45, 7) is 2.67. The molecule has 6 nitrogen and oxygen atoms in total. The predicted molar refractivity (Wildman–Crippen MR) is 121 cm³/mol. The van der Waals surface area contributed by atoms with Gasteiger partial charge in [-0.2, -0.15) is 0 Å². The minimum Gasteiger partial charge on any atom is -0.348 e. The average Bonchev–Trinajstić information content (AvgIpc) is 3.61. The maximum Gasteiger partial charge on any atom is 0.253 e. The molecule has 0 radical (unpaired) electrons. The monoisotopic (exact) mass is 434 g/mol. The summed E-state index contributed by atoms with van der Waals surface area (Å²) in [6.07, 6.45) is 7.27. The Kier molecular flexibility index (Phi) is 6.28. The van der Waals surface area contributed by atoms with Crippen LogP contribution < -0.4 is 10.2 Å². The van der Waals surface area contributed by atoms with Gasteiger partial charge in [-0.05, 0) is 54.7 Å². The second kappa shape index (κ2) is 9.27. The third-order valence-electron chi connectivity index (χ3n) is 5.25. The highest BCUT2D eigenvalue weighted by Crippen LogP contribution is 2.35. The zero-order valence-electron chi connectivity index (χ0n) is 17.2. The van der Waals surface area contributed by atoms with Crippen LogP contribution in [0.2, 0.25) is 5.02 Å². The molecule has 3 aromatic rings. The van der Waals surface area contributed by atoms with Gasteiger partial charge in [-0.15, -0.1) is 0 Å². The average molecular weight is 435 g/mol. The van der Waals surface area contributed by atoms with E-state index in [0.717, 1.165) is 29.7 Å². The fourth-order valence-corrected chi connectivity index (χ4v) is 3.61. The summed E-state index contributed by atoms with van der Waals surface area (Å²) < 4.78 is 0. The molecule has 1 fully saturated rings. The molecule has 0 saturated heterocycles. The number of carbonyl (C=O) groups excluding carboxylic acids is 2. The van der Waals surface area contributed by atoms with Crippen molar-refractivity contribution in [2.75, 3.05) is 11.4 Å². The lowest BCUT2D eigenvalue weighted by Crippen LogP contribution is -2.30. The van der Waals surface area contributed by atoms with Crippen LogP contribution in [0.25, 0.3) is 11.3 Å². The van der Waals surface area contributed by atoms with Crippen molar-refractivity contribution in [1.29, 1.82) is 0 Å². The lowest BCUT2D eigenvalue weighted by Gasteiger charge is -2.22. The first kappa shape index (κ1) is 21.0. The number of amides is 2. The molecule has 7 heteroatoms. The zero-order valence-corrected chi connectivity index (χ0v) is 18.0. The van der Waals surface area contributed by atoms with Gasteiger partial charge in [-0.3, -0.25) is 19.6 Å². The SMILES string of the molecule is CC(=O)N(CC1CC1)c1ccc(-c2ccc(C(=O)NCc3cccnc3)cn2)cc1Cl. The predicted octanol–water partition coefficient (Wildman–Crippen LogP) is 4.49. The minimum atomic E-state index is -0.201. The van der Waals surface area contributed by atoms with Gasteiger partial charge in [0.05, 0.1) is 22.0 Å². The number of nitrogens with zero attached hydrogens (tertiary/aromatic N) is 3. The van der Waals surface area contributed by atoms with Crippen LogP contribution >= 0.6 is 11.6 Å². The van der Waals surface area contributed by atoms with E-state index in [-0.39, 0.29) is 11.8 Å². The van der Waals surface area contributed by atoms with Crippen LogP contribution in [-0.2, 0) is 11.3 Å². The summed E-state index contributed by atoms with van der Waals surface area (Å²) in [7, 11) is 0. The summed E-state index contributed by atoms with van der Waals surface area (Å²) in [4.78, 5) is 34.6. The van der Waals surface area contributed by atoms with Gasteiger partial charge in [-0.25, -0.2) is 0 Å². The molecule has 1 saturated carbocycles.